The molecule has 1 fully saturated rings. The molecule has 0 aromatic rings. The zero-order valence-corrected chi connectivity index (χ0v) is 11.2. The highest BCUT2D eigenvalue weighted by molar-refractivity contribution is 6.50. The molecule has 0 aromatic heterocycles. The lowest BCUT2D eigenvalue weighted by Gasteiger charge is -2.57. The van der Waals surface area contributed by atoms with E-state index in [-0.39, 0.29) is 16.7 Å². The van der Waals surface area contributed by atoms with E-state index < -0.39 is 4.33 Å². The van der Waals surface area contributed by atoms with E-state index >= 15 is 0 Å². The van der Waals surface area contributed by atoms with Gasteiger partial charge >= 0.3 is 0 Å². The summed E-state index contributed by atoms with van der Waals surface area (Å²) in [5, 5.41) is -0.211. The summed E-state index contributed by atoms with van der Waals surface area (Å²) in [7, 11) is 1.65. The second kappa shape index (κ2) is 3.34. The molecule has 1 saturated carbocycles. The first-order valence-corrected chi connectivity index (χ1v) is 6.70. The van der Waals surface area contributed by atoms with Gasteiger partial charge in [-0.05, 0) is 30.9 Å². The summed E-state index contributed by atoms with van der Waals surface area (Å²) in [6.07, 6.45) is 7.30. The monoisotopic (exact) mass is 278 g/mol. The van der Waals surface area contributed by atoms with Crippen molar-refractivity contribution in [3.8, 4) is 0 Å². The molecular weight excluding hydrogens is 266 g/mol. The van der Waals surface area contributed by atoms with Crippen molar-refractivity contribution < 1.29 is 4.74 Å². The maximum Gasteiger partial charge on any atom is 0.132 e. The molecule has 4 aliphatic carbocycles. The zero-order valence-electron chi connectivity index (χ0n) is 8.97. The third-order valence-electron chi connectivity index (χ3n) is 4.32. The zero-order chi connectivity index (χ0) is 11.6. The van der Waals surface area contributed by atoms with Gasteiger partial charge in [0.05, 0.1) is 12.5 Å². The van der Waals surface area contributed by atoms with Gasteiger partial charge < -0.3 is 4.74 Å². The second-order valence-corrected chi connectivity index (χ2v) is 6.72. The van der Waals surface area contributed by atoms with Crippen molar-refractivity contribution in [2.24, 2.45) is 11.3 Å². The fourth-order valence-corrected chi connectivity index (χ4v) is 4.87. The topological polar surface area (TPSA) is 9.23 Å². The Morgan fingerprint density at radius 2 is 2.19 bits per heavy atom. The summed E-state index contributed by atoms with van der Waals surface area (Å²) >= 11 is 19.5. The van der Waals surface area contributed by atoms with Crippen molar-refractivity contribution in [3.63, 3.8) is 0 Å². The molecule has 4 aliphatic rings. The summed E-state index contributed by atoms with van der Waals surface area (Å²) in [6.45, 7) is 0. The molecule has 0 aliphatic heterocycles. The van der Waals surface area contributed by atoms with Crippen molar-refractivity contribution in [1.82, 2.24) is 0 Å². The number of rotatable bonds is 1. The van der Waals surface area contributed by atoms with Crippen LogP contribution in [0, 0.1) is 11.3 Å². The number of methoxy groups -OCH3 is 1. The summed E-state index contributed by atoms with van der Waals surface area (Å²) < 4.78 is 4.61. The SMILES string of the molecule is COC1=CC2=CCC[C@]23C[C@H]([C@H]1Cl)C3(Cl)Cl. The first kappa shape index (κ1) is 11.3. The average Bonchev–Trinajstić information content (AvgIpc) is 2.61. The number of hydrogen-bond donors (Lipinski definition) is 0. The number of ether oxygens (including phenoxy) is 1. The number of fused-ring (bicyclic) bond motifs is 1. The van der Waals surface area contributed by atoms with Gasteiger partial charge in [-0.15, -0.1) is 34.8 Å². The van der Waals surface area contributed by atoms with E-state index in [1.165, 1.54) is 5.57 Å². The van der Waals surface area contributed by atoms with Crippen molar-refractivity contribution in [3.05, 3.63) is 23.5 Å². The highest BCUT2D eigenvalue weighted by Crippen LogP contribution is 2.72. The Labute approximate surface area is 110 Å². The van der Waals surface area contributed by atoms with Gasteiger partial charge in [-0.3, -0.25) is 0 Å². The lowest BCUT2D eigenvalue weighted by atomic mass is 9.58. The van der Waals surface area contributed by atoms with Gasteiger partial charge in [0.2, 0.25) is 0 Å². The minimum Gasteiger partial charge on any atom is -0.500 e. The molecule has 16 heavy (non-hydrogen) atoms. The lowest BCUT2D eigenvalue weighted by molar-refractivity contribution is 0.0783. The Kier molecular flexibility index (Phi) is 2.35. The van der Waals surface area contributed by atoms with Gasteiger partial charge in [-0.1, -0.05) is 6.08 Å². The van der Waals surface area contributed by atoms with Gasteiger partial charge in [0.15, 0.2) is 0 Å². The number of hydrogen-bond acceptors (Lipinski definition) is 1. The first-order chi connectivity index (χ1) is 7.53. The average molecular weight is 280 g/mol. The fraction of sp³-hybridized carbons (Fsp3) is 0.667. The van der Waals surface area contributed by atoms with E-state index in [0.717, 1.165) is 25.0 Å². The molecule has 4 rings (SSSR count). The van der Waals surface area contributed by atoms with Crippen LogP contribution >= 0.6 is 34.8 Å². The van der Waals surface area contributed by atoms with Crippen LogP contribution < -0.4 is 0 Å². The molecule has 0 amide bonds. The molecule has 1 nitrogen and oxygen atoms in total. The molecule has 4 heteroatoms. The van der Waals surface area contributed by atoms with Crippen LogP contribution in [0.2, 0.25) is 0 Å². The van der Waals surface area contributed by atoms with Gasteiger partial charge in [-0.2, -0.15) is 0 Å². The molecule has 88 valence electrons. The minimum absolute atomic E-state index is 0.0752. The van der Waals surface area contributed by atoms with Gasteiger partial charge in [0, 0.05) is 11.3 Å². The highest BCUT2D eigenvalue weighted by atomic mass is 35.5. The molecule has 0 heterocycles. The Hall–Kier alpha value is 0.150. The maximum atomic E-state index is 6.54. The van der Waals surface area contributed by atoms with E-state index in [1.54, 1.807) is 7.11 Å². The standard InChI is InChI=1S/C12H13Cl3O/c1-16-9-5-7-3-2-4-11(7)6-8(10(9)13)12(11,14)15/h3,5,8,10H,2,4,6H2,1H3/t8-,10-,11+/m1/s1. The van der Waals surface area contributed by atoms with Crippen LogP contribution in [0.3, 0.4) is 0 Å². The van der Waals surface area contributed by atoms with Gasteiger partial charge in [0.25, 0.3) is 0 Å². The van der Waals surface area contributed by atoms with Crippen LogP contribution in [0.1, 0.15) is 19.3 Å². The molecule has 0 unspecified atom stereocenters. The number of allylic oxidation sites excluding steroid dienone is 4. The van der Waals surface area contributed by atoms with Crippen LogP contribution in [-0.2, 0) is 4.74 Å². The van der Waals surface area contributed by atoms with E-state index in [0.29, 0.717) is 0 Å². The molecule has 1 spiro atoms. The van der Waals surface area contributed by atoms with Crippen molar-refractivity contribution >= 4 is 34.8 Å². The van der Waals surface area contributed by atoms with E-state index in [4.69, 9.17) is 39.5 Å². The van der Waals surface area contributed by atoms with Crippen molar-refractivity contribution in [2.75, 3.05) is 7.11 Å². The summed E-state index contributed by atoms with van der Waals surface area (Å²) in [5.74, 6) is 0.887. The Balaban J connectivity index is 2.12. The molecule has 0 saturated heterocycles. The predicted octanol–water partition coefficient (Wildman–Crippen LogP) is 4.04. The second-order valence-electron chi connectivity index (χ2n) is 4.87. The summed E-state index contributed by atoms with van der Waals surface area (Å²) in [5.41, 5.74) is 1.14. The third kappa shape index (κ3) is 1.10. The Bertz CT molecular complexity index is 399. The van der Waals surface area contributed by atoms with Crippen LogP contribution in [0.4, 0.5) is 0 Å². The highest BCUT2D eigenvalue weighted by Gasteiger charge is 2.69. The molecule has 3 atom stereocenters. The van der Waals surface area contributed by atoms with Crippen molar-refractivity contribution in [2.45, 2.75) is 29.0 Å². The van der Waals surface area contributed by atoms with Crippen molar-refractivity contribution in [1.29, 1.82) is 0 Å². The van der Waals surface area contributed by atoms with Crippen LogP contribution in [0.15, 0.2) is 23.5 Å². The molecular formula is C12H13Cl3O. The van der Waals surface area contributed by atoms with E-state index in [2.05, 4.69) is 6.08 Å². The molecule has 0 N–H and O–H groups in total. The van der Waals surface area contributed by atoms with Crippen LogP contribution in [-0.4, -0.2) is 16.8 Å². The molecule has 0 aromatic carbocycles. The van der Waals surface area contributed by atoms with Crippen LogP contribution in [0.25, 0.3) is 0 Å². The quantitative estimate of drug-likeness (QED) is 0.658. The Morgan fingerprint density at radius 1 is 1.44 bits per heavy atom. The summed E-state index contributed by atoms with van der Waals surface area (Å²) in [4.78, 5) is 0. The number of halogens is 3. The van der Waals surface area contributed by atoms with Gasteiger partial charge in [-0.25, -0.2) is 0 Å². The largest absolute Gasteiger partial charge is 0.500 e. The smallest absolute Gasteiger partial charge is 0.132 e. The van der Waals surface area contributed by atoms with E-state index in [9.17, 15) is 0 Å². The molecule has 2 bridgehead atoms. The summed E-state index contributed by atoms with van der Waals surface area (Å²) in [6, 6.07) is 0. The third-order valence-corrected chi connectivity index (χ3v) is 6.12. The minimum atomic E-state index is -0.738. The molecule has 0 radical (unpaired) electrons. The first-order valence-electron chi connectivity index (χ1n) is 5.51. The van der Waals surface area contributed by atoms with E-state index in [1.807, 2.05) is 6.08 Å². The normalized spacial score (nSPS) is 43.8. The fourth-order valence-electron chi connectivity index (χ4n) is 3.34. The Morgan fingerprint density at radius 3 is 2.81 bits per heavy atom. The van der Waals surface area contributed by atoms with Crippen LogP contribution in [0.5, 0.6) is 0 Å². The lowest BCUT2D eigenvalue weighted by Crippen LogP contribution is -2.58. The maximum absolute atomic E-state index is 6.54. The predicted molar refractivity (Wildman–Crippen MR) is 67.0 cm³/mol. The number of alkyl halides is 3. The van der Waals surface area contributed by atoms with Gasteiger partial charge in [0.1, 0.15) is 10.1 Å².